The molecule has 0 N–H and O–H groups in total. The van der Waals surface area contributed by atoms with E-state index in [-0.39, 0.29) is 6.23 Å². The maximum absolute atomic E-state index is 6.38. The SMILES string of the molecule is Cc1ccc(N2CN3[C@H](C4C=CC=C4)[C@@H]2OC[C@H]3C(C)C)cc1. The van der Waals surface area contributed by atoms with E-state index in [0.29, 0.717) is 23.9 Å². The summed E-state index contributed by atoms with van der Waals surface area (Å²) >= 11 is 0. The van der Waals surface area contributed by atoms with Crippen molar-refractivity contribution in [3.63, 3.8) is 0 Å². The number of hydrogen-bond donors (Lipinski definition) is 0. The molecular formula is C20H26N2O. The number of rotatable bonds is 3. The van der Waals surface area contributed by atoms with Crippen molar-refractivity contribution in [2.24, 2.45) is 11.8 Å². The molecule has 1 aliphatic carbocycles. The van der Waals surface area contributed by atoms with Crippen LogP contribution in [-0.2, 0) is 4.74 Å². The first-order valence-corrected chi connectivity index (χ1v) is 8.71. The van der Waals surface area contributed by atoms with Crippen LogP contribution >= 0.6 is 0 Å². The Morgan fingerprint density at radius 2 is 1.78 bits per heavy atom. The Bertz CT molecular complexity index is 607. The van der Waals surface area contributed by atoms with E-state index < -0.39 is 0 Å². The summed E-state index contributed by atoms with van der Waals surface area (Å²) in [6, 6.07) is 9.74. The second-order valence-electron chi connectivity index (χ2n) is 7.33. The van der Waals surface area contributed by atoms with Gasteiger partial charge in [-0.3, -0.25) is 4.90 Å². The van der Waals surface area contributed by atoms with Crippen LogP contribution in [0.5, 0.6) is 0 Å². The van der Waals surface area contributed by atoms with Crippen LogP contribution in [0.25, 0.3) is 0 Å². The fourth-order valence-corrected chi connectivity index (χ4v) is 4.13. The zero-order chi connectivity index (χ0) is 16.0. The van der Waals surface area contributed by atoms with Crippen LogP contribution in [0.15, 0.2) is 48.6 Å². The minimum atomic E-state index is 0.144. The molecule has 4 atom stereocenters. The standard InChI is InChI=1S/C20H26N2O/c1-14(2)18-12-23-20-19(16-6-4-5-7-16)22(18)13-21(20)17-10-8-15(3)9-11-17/h4-11,14,16,18-20H,12-13H2,1-3H3/t18-,19+,20-/m0/s1. The van der Waals surface area contributed by atoms with Gasteiger partial charge in [-0.15, -0.1) is 0 Å². The molecule has 1 unspecified atom stereocenters. The topological polar surface area (TPSA) is 15.7 Å². The predicted octanol–water partition coefficient (Wildman–Crippen LogP) is 3.57. The van der Waals surface area contributed by atoms with Crippen LogP contribution in [-0.4, -0.2) is 36.5 Å². The van der Waals surface area contributed by atoms with Gasteiger partial charge in [-0.1, -0.05) is 55.8 Å². The molecule has 0 radical (unpaired) electrons. The third-order valence-corrected chi connectivity index (χ3v) is 5.47. The van der Waals surface area contributed by atoms with Gasteiger partial charge in [-0.2, -0.15) is 0 Å². The molecule has 4 rings (SSSR count). The lowest BCUT2D eigenvalue weighted by Crippen LogP contribution is -2.55. The van der Waals surface area contributed by atoms with Gasteiger partial charge in [-0.05, 0) is 25.0 Å². The Kier molecular flexibility index (Phi) is 3.78. The number of nitrogens with zero attached hydrogens (tertiary/aromatic N) is 2. The number of benzene rings is 1. The van der Waals surface area contributed by atoms with Crippen LogP contribution < -0.4 is 4.90 Å². The Hall–Kier alpha value is -1.58. The van der Waals surface area contributed by atoms with Gasteiger partial charge in [0.1, 0.15) is 6.23 Å². The molecule has 0 spiro atoms. The maximum Gasteiger partial charge on any atom is 0.147 e. The minimum absolute atomic E-state index is 0.144. The van der Waals surface area contributed by atoms with Gasteiger partial charge in [0.25, 0.3) is 0 Å². The number of allylic oxidation sites excluding steroid dienone is 2. The van der Waals surface area contributed by atoms with Crippen molar-refractivity contribution in [1.82, 2.24) is 4.90 Å². The zero-order valence-electron chi connectivity index (χ0n) is 14.2. The highest BCUT2D eigenvalue weighted by Gasteiger charge is 2.50. The van der Waals surface area contributed by atoms with Crippen LogP contribution in [0.3, 0.4) is 0 Å². The van der Waals surface area contributed by atoms with Gasteiger partial charge >= 0.3 is 0 Å². The lowest BCUT2D eigenvalue weighted by molar-refractivity contribution is -0.0755. The number of fused-ring (bicyclic) bond motifs is 2. The first kappa shape index (κ1) is 15.0. The molecule has 0 aromatic heterocycles. The van der Waals surface area contributed by atoms with E-state index in [1.54, 1.807) is 0 Å². The third kappa shape index (κ3) is 2.52. The van der Waals surface area contributed by atoms with Gasteiger partial charge in [0, 0.05) is 17.6 Å². The number of ether oxygens (including phenoxy) is 1. The molecule has 3 nitrogen and oxygen atoms in total. The minimum Gasteiger partial charge on any atom is -0.355 e. The fraction of sp³-hybridized carbons (Fsp3) is 0.500. The van der Waals surface area contributed by atoms with Crippen molar-refractivity contribution in [3.8, 4) is 0 Å². The summed E-state index contributed by atoms with van der Waals surface area (Å²) in [5.41, 5.74) is 2.57. The molecular weight excluding hydrogens is 284 g/mol. The summed E-state index contributed by atoms with van der Waals surface area (Å²) in [7, 11) is 0. The van der Waals surface area contributed by atoms with Gasteiger partial charge < -0.3 is 9.64 Å². The van der Waals surface area contributed by atoms with Gasteiger partial charge in [0.2, 0.25) is 0 Å². The lowest BCUT2D eigenvalue weighted by atomic mass is 9.93. The highest BCUT2D eigenvalue weighted by molar-refractivity contribution is 5.50. The second kappa shape index (κ2) is 5.81. The fourth-order valence-electron chi connectivity index (χ4n) is 4.13. The van der Waals surface area contributed by atoms with Gasteiger partial charge in [0.15, 0.2) is 0 Å². The molecule has 0 amide bonds. The van der Waals surface area contributed by atoms with Crippen molar-refractivity contribution in [2.75, 3.05) is 18.2 Å². The summed E-state index contributed by atoms with van der Waals surface area (Å²) in [6.07, 6.45) is 9.11. The number of anilines is 1. The predicted molar refractivity (Wildman–Crippen MR) is 94.3 cm³/mol. The van der Waals surface area contributed by atoms with E-state index in [0.717, 1.165) is 13.3 Å². The normalized spacial score (nSPS) is 33.1. The molecule has 0 saturated carbocycles. The summed E-state index contributed by atoms with van der Waals surface area (Å²) in [5.74, 6) is 1.06. The molecule has 2 bridgehead atoms. The smallest absolute Gasteiger partial charge is 0.147 e. The quantitative estimate of drug-likeness (QED) is 0.849. The molecule has 3 heteroatoms. The third-order valence-electron chi connectivity index (χ3n) is 5.47. The monoisotopic (exact) mass is 310 g/mol. The summed E-state index contributed by atoms with van der Waals surface area (Å²) in [5, 5.41) is 0. The van der Waals surface area contributed by atoms with Crippen LogP contribution in [0.1, 0.15) is 19.4 Å². The molecule has 2 aliphatic heterocycles. The van der Waals surface area contributed by atoms with E-state index in [4.69, 9.17) is 4.74 Å². The molecule has 23 heavy (non-hydrogen) atoms. The summed E-state index contributed by atoms with van der Waals surface area (Å²) < 4.78 is 6.38. The average Bonchev–Trinajstić information content (AvgIpc) is 3.13. The van der Waals surface area contributed by atoms with Crippen LogP contribution in [0.4, 0.5) is 5.69 Å². The Balaban J connectivity index is 1.67. The molecule has 1 aromatic carbocycles. The largest absolute Gasteiger partial charge is 0.355 e. The average molecular weight is 310 g/mol. The molecule has 3 aliphatic rings. The Morgan fingerprint density at radius 3 is 2.43 bits per heavy atom. The zero-order valence-corrected chi connectivity index (χ0v) is 14.2. The maximum atomic E-state index is 6.38. The van der Waals surface area contributed by atoms with E-state index in [1.807, 2.05) is 0 Å². The molecule has 2 saturated heterocycles. The Morgan fingerprint density at radius 1 is 1.09 bits per heavy atom. The van der Waals surface area contributed by atoms with Gasteiger partial charge in [-0.25, -0.2) is 0 Å². The molecule has 2 heterocycles. The summed E-state index contributed by atoms with van der Waals surface area (Å²) in [4.78, 5) is 5.11. The highest BCUT2D eigenvalue weighted by atomic mass is 16.5. The van der Waals surface area contributed by atoms with E-state index >= 15 is 0 Å². The lowest BCUT2D eigenvalue weighted by Gasteiger charge is -2.42. The van der Waals surface area contributed by atoms with Gasteiger partial charge in [0.05, 0.1) is 19.3 Å². The van der Waals surface area contributed by atoms with E-state index in [9.17, 15) is 0 Å². The van der Waals surface area contributed by atoms with Crippen molar-refractivity contribution in [3.05, 3.63) is 54.1 Å². The van der Waals surface area contributed by atoms with Crippen molar-refractivity contribution >= 4 is 5.69 Å². The summed E-state index contributed by atoms with van der Waals surface area (Å²) in [6.45, 7) is 8.54. The van der Waals surface area contributed by atoms with E-state index in [1.165, 1.54) is 11.3 Å². The number of morpholine rings is 1. The first-order chi connectivity index (χ1) is 11.1. The van der Waals surface area contributed by atoms with Crippen molar-refractivity contribution < 1.29 is 4.74 Å². The highest BCUT2D eigenvalue weighted by Crippen LogP contribution is 2.39. The molecule has 2 fully saturated rings. The first-order valence-electron chi connectivity index (χ1n) is 8.71. The number of aryl methyl sites for hydroxylation is 1. The van der Waals surface area contributed by atoms with Crippen molar-refractivity contribution in [1.29, 1.82) is 0 Å². The van der Waals surface area contributed by atoms with E-state index in [2.05, 4.69) is 79.1 Å². The van der Waals surface area contributed by atoms with Crippen molar-refractivity contribution in [2.45, 2.75) is 39.1 Å². The van der Waals surface area contributed by atoms with Crippen LogP contribution in [0.2, 0.25) is 0 Å². The molecule has 1 aromatic rings. The van der Waals surface area contributed by atoms with Crippen LogP contribution in [0, 0.1) is 18.8 Å². The number of hydrogen-bond acceptors (Lipinski definition) is 3. The Labute approximate surface area is 139 Å². The second-order valence-corrected chi connectivity index (χ2v) is 7.33. The molecule has 122 valence electrons.